The summed E-state index contributed by atoms with van der Waals surface area (Å²) in [6, 6.07) is 4.09. The molecule has 0 spiro atoms. The first-order chi connectivity index (χ1) is 7.13. The van der Waals surface area contributed by atoms with E-state index in [2.05, 4.69) is 6.92 Å². The van der Waals surface area contributed by atoms with E-state index in [0.29, 0.717) is 4.90 Å². The monoisotopic (exact) mass is 234 g/mol. The van der Waals surface area contributed by atoms with Crippen molar-refractivity contribution in [2.75, 3.05) is 0 Å². The minimum Gasteiger partial charge on any atom is -1.00 e. The number of rotatable bonds is 4. The third-order valence-corrected chi connectivity index (χ3v) is 3.52. The molecule has 0 aliphatic rings. The van der Waals surface area contributed by atoms with Gasteiger partial charge in [0.15, 0.2) is 11.1 Å². The molecular formula is C12H19LiO2S. The molecular weight excluding hydrogens is 215 g/mol. The summed E-state index contributed by atoms with van der Waals surface area (Å²) in [5, 5.41) is 0. The van der Waals surface area contributed by atoms with E-state index in [4.69, 9.17) is 0 Å². The molecule has 0 saturated carbocycles. The molecule has 0 aliphatic carbocycles. The van der Waals surface area contributed by atoms with Gasteiger partial charge in [-0.05, 0) is 36.0 Å². The van der Waals surface area contributed by atoms with Crippen LogP contribution in [0.2, 0.25) is 0 Å². The predicted molar refractivity (Wildman–Crippen MR) is 64.7 cm³/mol. The summed E-state index contributed by atoms with van der Waals surface area (Å²) in [7, 11) is 0. The maximum Gasteiger partial charge on any atom is 1.00 e. The van der Waals surface area contributed by atoms with Gasteiger partial charge in [0.1, 0.15) is 0 Å². The van der Waals surface area contributed by atoms with Gasteiger partial charge in [0.25, 0.3) is 0 Å². The predicted octanol–water partition coefficient (Wildman–Crippen LogP) is 0.0709. The van der Waals surface area contributed by atoms with Gasteiger partial charge in [0.05, 0.1) is 4.90 Å². The van der Waals surface area contributed by atoms with E-state index in [-0.39, 0.29) is 20.3 Å². The van der Waals surface area contributed by atoms with Gasteiger partial charge in [-0.25, -0.2) is 4.21 Å². The zero-order chi connectivity index (χ0) is 11.4. The van der Waals surface area contributed by atoms with Gasteiger partial charge < -0.3 is 5.98 Å². The van der Waals surface area contributed by atoms with Crippen molar-refractivity contribution in [3.8, 4) is 0 Å². The van der Waals surface area contributed by atoms with Crippen molar-refractivity contribution >= 4 is 11.1 Å². The van der Waals surface area contributed by atoms with Crippen LogP contribution in [0.25, 0.3) is 0 Å². The van der Waals surface area contributed by atoms with Crippen molar-refractivity contribution < 1.29 is 29.0 Å². The van der Waals surface area contributed by atoms with Gasteiger partial charge in [-0.2, -0.15) is 0 Å². The Kier molecular flexibility index (Phi) is 7.26. The Morgan fingerprint density at radius 1 is 1.12 bits per heavy atom. The summed E-state index contributed by atoms with van der Waals surface area (Å²) in [5.74, 6) is 0. The molecule has 86 valence electrons. The normalized spacial score (nSPS) is 12.0. The second kappa shape index (κ2) is 7.29. The molecule has 0 aliphatic heterocycles. The summed E-state index contributed by atoms with van der Waals surface area (Å²) in [4.78, 5) is 0.622. The van der Waals surface area contributed by atoms with Crippen molar-refractivity contribution in [2.45, 2.75) is 44.9 Å². The number of hydrogen-bond acceptors (Lipinski definition) is 1. The third-order valence-electron chi connectivity index (χ3n) is 2.65. The van der Waals surface area contributed by atoms with Crippen LogP contribution in [0.4, 0.5) is 0 Å². The smallest absolute Gasteiger partial charge is 1.00 e. The summed E-state index contributed by atoms with van der Waals surface area (Å²) in [5.41, 5.74) is 3.26. The van der Waals surface area contributed by atoms with Gasteiger partial charge in [0, 0.05) is 0 Å². The largest absolute Gasteiger partial charge is 1.00 e. The summed E-state index contributed by atoms with van der Waals surface area (Å²) >= 11 is -1.86. The minimum absolute atomic E-state index is 0. The van der Waals surface area contributed by atoms with E-state index in [1.54, 1.807) is 0 Å². The molecule has 0 heterocycles. The van der Waals surface area contributed by atoms with Crippen LogP contribution in [0, 0.1) is 0 Å². The molecule has 2 nitrogen and oxygen atoms in total. The van der Waals surface area contributed by atoms with Crippen LogP contribution >= 0.6 is 0 Å². The quantitative estimate of drug-likeness (QED) is 0.591. The van der Waals surface area contributed by atoms with E-state index in [1.807, 2.05) is 26.0 Å². The van der Waals surface area contributed by atoms with Crippen LogP contribution in [0.1, 0.15) is 38.9 Å². The molecule has 1 rings (SSSR count). The average molecular weight is 234 g/mol. The fourth-order valence-corrected chi connectivity index (χ4v) is 2.64. The van der Waals surface area contributed by atoms with Crippen molar-refractivity contribution in [3.63, 3.8) is 0 Å². The molecule has 0 bridgehead atoms. The maximum atomic E-state index is 11.3. The fourth-order valence-electron chi connectivity index (χ4n) is 1.78. The van der Waals surface area contributed by atoms with Gasteiger partial charge in [0.2, 0.25) is 0 Å². The Morgan fingerprint density at radius 3 is 1.81 bits per heavy atom. The average Bonchev–Trinajstić information content (AvgIpc) is 2.26. The minimum atomic E-state index is -1.86. The summed E-state index contributed by atoms with van der Waals surface area (Å²) in [6.45, 7) is 6.14. The van der Waals surface area contributed by atoms with Crippen LogP contribution in [-0.2, 0) is 30.3 Å². The summed E-state index contributed by atoms with van der Waals surface area (Å²) in [6.07, 6.45) is 2.59. The second-order valence-corrected chi connectivity index (χ2v) is 4.46. The number of benzene rings is 1. The van der Waals surface area contributed by atoms with Gasteiger partial charge in [-0.1, -0.05) is 32.9 Å². The van der Waals surface area contributed by atoms with E-state index < -0.39 is 11.1 Å². The molecule has 0 fully saturated rings. The molecule has 16 heavy (non-hydrogen) atoms. The van der Waals surface area contributed by atoms with Gasteiger partial charge in [-0.15, -0.1) is 0 Å². The van der Waals surface area contributed by atoms with Crippen LogP contribution in [-0.4, -0.2) is 8.76 Å². The Labute approximate surface area is 114 Å². The van der Waals surface area contributed by atoms with Crippen LogP contribution in [0.15, 0.2) is 17.0 Å². The molecule has 1 unspecified atom stereocenters. The van der Waals surface area contributed by atoms with Crippen LogP contribution in [0.3, 0.4) is 0 Å². The zero-order valence-corrected chi connectivity index (χ0v) is 11.4. The van der Waals surface area contributed by atoms with Gasteiger partial charge in [-0.3, -0.25) is 0 Å². The van der Waals surface area contributed by atoms with E-state index in [1.165, 1.54) is 5.56 Å². The maximum absolute atomic E-state index is 11.3. The molecule has 1 atom stereocenters. The first-order valence-corrected chi connectivity index (χ1v) is 6.50. The molecule has 0 aromatic heterocycles. The molecule has 4 heteroatoms. The van der Waals surface area contributed by atoms with E-state index in [9.17, 15) is 8.76 Å². The Morgan fingerprint density at radius 2 is 1.56 bits per heavy atom. The molecule has 0 radical (unpaired) electrons. The van der Waals surface area contributed by atoms with Crippen molar-refractivity contribution in [3.05, 3.63) is 28.8 Å². The Bertz CT molecular complexity index is 358. The number of hydrogen-bond donors (Lipinski definition) is 1. The van der Waals surface area contributed by atoms with Crippen molar-refractivity contribution in [2.24, 2.45) is 0 Å². The van der Waals surface area contributed by atoms with Crippen molar-refractivity contribution in [1.29, 1.82) is 0 Å². The van der Waals surface area contributed by atoms with Gasteiger partial charge >= 0.3 is 18.9 Å². The second-order valence-electron chi connectivity index (χ2n) is 3.55. The number of aryl methyl sites for hydroxylation is 3. The Hall–Kier alpha value is -0.0726. The van der Waals surface area contributed by atoms with Crippen LogP contribution < -0.4 is 18.9 Å². The molecule has 1 aromatic carbocycles. The van der Waals surface area contributed by atoms with E-state index >= 15 is 0 Å². The Balaban J connectivity index is 0. The van der Waals surface area contributed by atoms with E-state index in [0.717, 1.165) is 30.4 Å². The first-order valence-electron chi connectivity index (χ1n) is 5.39. The zero-order valence-electron chi connectivity index (χ0n) is 11.5. The SMILES string of the molecule is CCc1cc(CC)c(S(=O)O)c(CC)c1.[H-].[Li+]. The molecule has 1 aromatic rings. The first kappa shape index (κ1) is 15.9. The molecule has 1 N–H and O–H groups in total. The molecule has 0 saturated heterocycles. The summed E-state index contributed by atoms with van der Waals surface area (Å²) < 4.78 is 20.6. The van der Waals surface area contributed by atoms with Crippen molar-refractivity contribution in [1.82, 2.24) is 0 Å². The van der Waals surface area contributed by atoms with Crippen LogP contribution in [0.5, 0.6) is 0 Å². The topological polar surface area (TPSA) is 37.3 Å². The fraction of sp³-hybridized carbons (Fsp3) is 0.500. The third kappa shape index (κ3) is 3.46. The standard InChI is InChI=1S/C12H18O2S.Li.H/c1-4-9-7-10(5-2)12(15(13)14)11(6-3)8-9;;/h7-8H,4-6H2,1-3H3,(H,13,14);;/q;+1;-1. The molecule has 0 amide bonds.